The van der Waals surface area contributed by atoms with Crippen LogP contribution >= 0.6 is 0 Å². The summed E-state index contributed by atoms with van der Waals surface area (Å²) >= 11 is 0. The van der Waals surface area contributed by atoms with Crippen LogP contribution in [-0.4, -0.2) is 19.6 Å². The lowest BCUT2D eigenvalue weighted by Gasteiger charge is -2.28. The lowest BCUT2D eigenvalue weighted by molar-refractivity contribution is 0.419. The minimum Gasteiger partial charge on any atom is -0.374 e. The van der Waals surface area contributed by atoms with E-state index in [1.165, 1.54) is 16.8 Å². The maximum Gasteiger partial charge on any atom is 0.0366 e. The van der Waals surface area contributed by atoms with Gasteiger partial charge in [-0.3, -0.25) is 0 Å². The summed E-state index contributed by atoms with van der Waals surface area (Å²) in [4.78, 5) is 2.32. The van der Waals surface area contributed by atoms with Crippen molar-refractivity contribution in [3.05, 3.63) is 29.3 Å². The number of nitrogens with zero attached hydrogens (tertiary/aromatic N) is 1. The molecule has 0 bridgehead atoms. The second-order valence-electron chi connectivity index (χ2n) is 6.71. The van der Waals surface area contributed by atoms with Crippen molar-refractivity contribution in [2.45, 2.75) is 47.1 Å². The van der Waals surface area contributed by atoms with E-state index in [4.69, 9.17) is 5.73 Å². The van der Waals surface area contributed by atoms with Crippen LogP contribution < -0.4 is 10.6 Å². The highest BCUT2D eigenvalue weighted by atomic mass is 15.1. The molecule has 1 rings (SSSR count). The summed E-state index contributed by atoms with van der Waals surface area (Å²) in [5.74, 6) is 0. The van der Waals surface area contributed by atoms with Crippen molar-refractivity contribution in [3.8, 4) is 0 Å². The third-order valence-corrected chi connectivity index (χ3v) is 3.02. The smallest absolute Gasteiger partial charge is 0.0366 e. The molecule has 2 nitrogen and oxygen atoms in total. The first-order chi connectivity index (χ1) is 8.19. The van der Waals surface area contributed by atoms with E-state index in [2.05, 4.69) is 64.8 Å². The first-order valence-electron chi connectivity index (χ1n) is 6.75. The lowest BCUT2D eigenvalue weighted by Crippen LogP contribution is -2.29. The van der Waals surface area contributed by atoms with Crippen LogP contribution in [0.5, 0.6) is 0 Å². The highest BCUT2D eigenvalue weighted by Gasteiger charge is 2.14. The van der Waals surface area contributed by atoms with E-state index >= 15 is 0 Å². The molecule has 0 heterocycles. The van der Waals surface area contributed by atoms with Crippen molar-refractivity contribution in [1.82, 2.24) is 0 Å². The van der Waals surface area contributed by atoms with Gasteiger partial charge in [0.2, 0.25) is 0 Å². The molecule has 102 valence electrons. The van der Waals surface area contributed by atoms with Gasteiger partial charge < -0.3 is 10.6 Å². The predicted molar refractivity (Wildman–Crippen MR) is 81.3 cm³/mol. The van der Waals surface area contributed by atoms with E-state index in [0.717, 1.165) is 13.0 Å². The van der Waals surface area contributed by atoms with Gasteiger partial charge in [0.05, 0.1) is 0 Å². The van der Waals surface area contributed by atoms with Gasteiger partial charge in [-0.1, -0.05) is 26.8 Å². The predicted octanol–water partition coefficient (Wildman–Crippen LogP) is 3.37. The molecule has 18 heavy (non-hydrogen) atoms. The zero-order chi connectivity index (χ0) is 13.9. The molecule has 0 aliphatic heterocycles. The zero-order valence-electron chi connectivity index (χ0n) is 12.7. The number of nitrogens with two attached hydrogens (primary N) is 1. The maximum absolute atomic E-state index is 5.86. The molecule has 0 amide bonds. The number of hydrogen-bond acceptors (Lipinski definition) is 2. The summed E-state index contributed by atoms with van der Waals surface area (Å²) in [7, 11) is 2.16. The van der Waals surface area contributed by atoms with Gasteiger partial charge in [-0.2, -0.15) is 0 Å². The summed E-state index contributed by atoms with van der Waals surface area (Å²) in [6, 6.07) is 6.91. The van der Waals surface area contributed by atoms with E-state index in [1.807, 2.05) is 0 Å². The van der Waals surface area contributed by atoms with Crippen molar-refractivity contribution < 1.29 is 0 Å². The van der Waals surface area contributed by atoms with Crippen molar-refractivity contribution >= 4 is 5.69 Å². The Morgan fingerprint density at radius 2 is 1.89 bits per heavy atom. The summed E-state index contributed by atoms with van der Waals surface area (Å²) < 4.78 is 0. The molecular weight excluding hydrogens is 220 g/mol. The molecule has 1 unspecified atom stereocenters. The van der Waals surface area contributed by atoms with Crippen LogP contribution in [0.2, 0.25) is 0 Å². The Morgan fingerprint density at radius 1 is 1.28 bits per heavy atom. The molecule has 1 atom stereocenters. The summed E-state index contributed by atoms with van der Waals surface area (Å²) in [5, 5.41) is 0. The minimum absolute atomic E-state index is 0.224. The van der Waals surface area contributed by atoms with E-state index in [1.54, 1.807) is 0 Å². The van der Waals surface area contributed by atoms with Gasteiger partial charge in [-0.15, -0.1) is 0 Å². The van der Waals surface area contributed by atoms with Crippen LogP contribution in [0.25, 0.3) is 0 Å². The summed E-state index contributed by atoms with van der Waals surface area (Å²) in [6.45, 7) is 12.1. The fraction of sp³-hybridized carbons (Fsp3) is 0.625. The third kappa shape index (κ3) is 4.69. The molecule has 2 N–H and O–H groups in total. The average molecular weight is 248 g/mol. The summed E-state index contributed by atoms with van der Waals surface area (Å²) in [5.41, 5.74) is 10.2. The quantitative estimate of drug-likeness (QED) is 0.885. The van der Waals surface area contributed by atoms with Gasteiger partial charge in [0.1, 0.15) is 0 Å². The van der Waals surface area contributed by atoms with E-state index in [0.29, 0.717) is 5.41 Å². The minimum atomic E-state index is 0.224. The molecule has 1 aromatic carbocycles. The van der Waals surface area contributed by atoms with Crippen LogP contribution in [0, 0.1) is 12.3 Å². The second-order valence-corrected chi connectivity index (χ2v) is 6.71. The highest BCUT2D eigenvalue weighted by Crippen LogP contribution is 2.23. The Morgan fingerprint density at radius 3 is 2.33 bits per heavy atom. The molecule has 0 saturated heterocycles. The lowest BCUT2D eigenvalue weighted by atomic mass is 9.95. The summed E-state index contributed by atoms with van der Waals surface area (Å²) in [6.07, 6.45) is 0.953. The standard InChI is InChI=1S/C16H28N2/c1-12-9-15(18(6)11-16(3,4)5)8-7-14(12)10-13(2)17/h7-9,13H,10-11,17H2,1-6H3. The number of benzene rings is 1. The fourth-order valence-electron chi connectivity index (χ4n) is 2.30. The van der Waals surface area contributed by atoms with Gasteiger partial charge in [0.25, 0.3) is 0 Å². The molecule has 0 radical (unpaired) electrons. The van der Waals surface area contributed by atoms with Crippen LogP contribution in [0.15, 0.2) is 18.2 Å². The number of anilines is 1. The van der Waals surface area contributed by atoms with Crippen molar-refractivity contribution in [2.24, 2.45) is 11.1 Å². The molecular formula is C16H28N2. The van der Waals surface area contributed by atoms with Crippen LogP contribution in [0.3, 0.4) is 0 Å². The number of hydrogen-bond donors (Lipinski definition) is 1. The Kier molecular flexibility index (Phi) is 4.80. The fourth-order valence-corrected chi connectivity index (χ4v) is 2.30. The molecule has 0 aliphatic rings. The molecule has 0 fully saturated rings. The first kappa shape index (κ1) is 15.0. The van der Waals surface area contributed by atoms with E-state index in [-0.39, 0.29) is 6.04 Å². The van der Waals surface area contributed by atoms with Crippen molar-refractivity contribution in [1.29, 1.82) is 0 Å². The molecule has 0 spiro atoms. The van der Waals surface area contributed by atoms with Crippen LogP contribution in [0.1, 0.15) is 38.8 Å². The van der Waals surface area contributed by atoms with E-state index < -0.39 is 0 Å². The van der Waals surface area contributed by atoms with Gasteiger partial charge in [0.15, 0.2) is 0 Å². The first-order valence-corrected chi connectivity index (χ1v) is 6.75. The monoisotopic (exact) mass is 248 g/mol. The Bertz CT molecular complexity index is 389. The molecule has 2 heteroatoms. The van der Waals surface area contributed by atoms with Crippen LogP contribution in [0.4, 0.5) is 5.69 Å². The largest absolute Gasteiger partial charge is 0.374 e. The average Bonchev–Trinajstić information content (AvgIpc) is 2.17. The Labute approximate surface area is 112 Å². The molecule has 1 aromatic rings. The second kappa shape index (κ2) is 5.75. The highest BCUT2D eigenvalue weighted by molar-refractivity contribution is 5.50. The molecule has 0 saturated carbocycles. The van der Waals surface area contributed by atoms with Crippen molar-refractivity contribution in [3.63, 3.8) is 0 Å². The SMILES string of the molecule is Cc1cc(N(C)CC(C)(C)C)ccc1CC(C)N. The molecule has 0 aromatic heterocycles. The molecule has 0 aliphatic carbocycles. The van der Waals surface area contributed by atoms with Crippen molar-refractivity contribution in [2.75, 3.05) is 18.5 Å². The number of rotatable bonds is 4. The third-order valence-electron chi connectivity index (χ3n) is 3.02. The van der Waals surface area contributed by atoms with Crippen LogP contribution in [-0.2, 0) is 6.42 Å². The van der Waals surface area contributed by atoms with Gasteiger partial charge >= 0.3 is 0 Å². The normalized spacial score (nSPS) is 13.5. The Balaban J connectivity index is 2.83. The van der Waals surface area contributed by atoms with E-state index in [9.17, 15) is 0 Å². The van der Waals surface area contributed by atoms with Gasteiger partial charge in [-0.05, 0) is 48.9 Å². The Hall–Kier alpha value is -1.02. The van der Waals surface area contributed by atoms with Gasteiger partial charge in [0, 0.05) is 25.3 Å². The van der Waals surface area contributed by atoms with Gasteiger partial charge in [-0.25, -0.2) is 0 Å². The zero-order valence-corrected chi connectivity index (χ0v) is 12.7. The topological polar surface area (TPSA) is 29.3 Å². The maximum atomic E-state index is 5.86. The number of aryl methyl sites for hydroxylation is 1.